The molecule has 0 aromatic rings. The van der Waals surface area contributed by atoms with E-state index in [1.54, 1.807) is 0 Å². The van der Waals surface area contributed by atoms with Gasteiger partial charge in [-0.05, 0) is 24.8 Å². The van der Waals surface area contributed by atoms with Crippen molar-refractivity contribution >= 4 is 0 Å². The Hall–Kier alpha value is -0.0400. The number of rotatable bonds is 2. The molecule has 0 aromatic carbocycles. The molecule has 0 aromatic heterocycles. The van der Waals surface area contributed by atoms with Gasteiger partial charge in [-0.3, -0.25) is 0 Å². The average molecular weight is 205 g/mol. The number of nitrogens with two attached hydrogens (primary N) is 1. The van der Waals surface area contributed by atoms with Gasteiger partial charge in [0, 0.05) is 0 Å². The summed E-state index contributed by atoms with van der Waals surface area (Å²) < 4.78 is 0. The van der Waals surface area contributed by atoms with Crippen molar-refractivity contribution in [2.45, 2.75) is 68.7 Å². The molecule has 0 radical (unpaired) electrons. The van der Waals surface area contributed by atoms with Crippen LogP contribution in [0, 0.1) is 11.8 Å². The van der Waals surface area contributed by atoms with Crippen LogP contribution in [0.3, 0.4) is 0 Å². The third kappa shape index (κ3) is 164. The standard InChI is InChI=1S/C5H13N.C4H10.2C2H6/c1-5(2)3-4-6;1-4(2)3;2*1-2/h5H,3-4,6H2,1-2H3;4H,1-3H3;2*1-2H3. The zero-order valence-corrected chi connectivity index (χ0v) is 12.1. The monoisotopic (exact) mass is 205 g/mol. The van der Waals surface area contributed by atoms with Crippen molar-refractivity contribution in [1.82, 2.24) is 0 Å². The second kappa shape index (κ2) is 29.3. The Morgan fingerprint density at radius 1 is 0.786 bits per heavy atom. The van der Waals surface area contributed by atoms with Crippen molar-refractivity contribution in [3.8, 4) is 0 Å². The van der Waals surface area contributed by atoms with E-state index >= 15 is 0 Å². The zero-order valence-electron chi connectivity index (χ0n) is 12.1. The third-order valence-corrected chi connectivity index (χ3v) is 0.744. The highest BCUT2D eigenvalue weighted by molar-refractivity contribution is 4.42. The zero-order chi connectivity index (χ0) is 12.6. The molecule has 2 N–H and O–H groups in total. The summed E-state index contributed by atoms with van der Waals surface area (Å²) >= 11 is 0. The third-order valence-electron chi connectivity index (χ3n) is 0.744. The molecule has 1 nitrogen and oxygen atoms in total. The molecule has 0 spiro atoms. The lowest BCUT2D eigenvalue weighted by atomic mass is 10.1. The van der Waals surface area contributed by atoms with E-state index in [0.717, 1.165) is 24.8 Å². The minimum atomic E-state index is 0.773. The predicted molar refractivity (Wildman–Crippen MR) is 71.7 cm³/mol. The second-order valence-electron chi connectivity index (χ2n) is 3.70. The Morgan fingerprint density at radius 3 is 1.00 bits per heavy atom. The van der Waals surface area contributed by atoms with E-state index in [4.69, 9.17) is 5.73 Å². The predicted octanol–water partition coefficient (Wildman–Crippen LogP) is 4.71. The lowest BCUT2D eigenvalue weighted by Crippen LogP contribution is -2.01. The van der Waals surface area contributed by atoms with Crippen LogP contribution in [0.5, 0.6) is 0 Å². The maximum atomic E-state index is 5.23. The molecule has 92 valence electrons. The van der Waals surface area contributed by atoms with Crippen molar-refractivity contribution in [1.29, 1.82) is 0 Å². The Kier molecular flexibility index (Phi) is 49.4. The molecule has 0 fully saturated rings. The van der Waals surface area contributed by atoms with Crippen LogP contribution in [0.4, 0.5) is 0 Å². The summed E-state index contributed by atoms with van der Waals surface area (Å²) in [7, 11) is 0. The molecule has 0 aliphatic carbocycles. The van der Waals surface area contributed by atoms with E-state index in [9.17, 15) is 0 Å². The summed E-state index contributed by atoms with van der Waals surface area (Å²) in [6, 6.07) is 0. The van der Waals surface area contributed by atoms with E-state index in [2.05, 4.69) is 34.6 Å². The molecular formula is C13H35N. The van der Waals surface area contributed by atoms with Crippen LogP contribution in [0.15, 0.2) is 0 Å². The first-order valence-electron chi connectivity index (χ1n) is 6.20. The van der Waals surface area contributed by atoms with Crippen molar-refractivity contribution in [2.24, 2.45) is 17.6 Å². The summed E-state index contributed by atoms with van der Waals surface area (Å²) in [5.41, 5.74) is 5.23. The molecular weight excluding hydrogens is 170 g/mol. The molecule has 0 saturated carbocycles. The van der Waals surface area contributed by atoms with Crippen molar-refractivity contribution in [3.05, 3.63) is 0 Å². The van der Waals surface area contributed by atoms with Gasteiger partial charge in [-0.25, -0.2) is 0 Å². The van der Waals surface area contributed by atoms with Crippen molar-refractivity contribution < 1.29 is 0 Å². The lowest BCUT2D eigenvalue weighted by molar-refractivity contribution is 0.596. The van der Waals surface area contributed by atoms with E-state index in [1.807, 2.05) is 27.7 Å². The van der Waals surface area contributed by atoms with Crippen LogP contribution in [0.2, 0.25) is 0 Å². The van der Waals surface area contributed by atoms with Gasteiger partial charge >= 0.3 is 0 Å². The van der Waals surface area contributed by atoms with Gasteiger partial charge in [-0.15, -0.1) is 0 Å². The van der Waals surface area contributed by atoms with Gasteiger partial charge in [0.2, 0.25) is 0 Å². The molecule has 0 saturated heterocycles. The molecule has 0 amide bonds. The van der Waals surface area contributed by atoms with Crippen LogP contribution in [-0.4, -0.2) is 6.54 Å². The van der Waals surface area contributed by atoms with Gasteiger partial charge in [-0.2, -0.15) is 0 Å². The minimum Gasteiger partial charge on any atom is -0.330 e. The molecule has 0 aliphatic rings. The summed E-state index contributed by atoms with van der Waals surface area (Å²) in [6.07, 6.45) is 1.15. The molecule has 14 heavy (non-hydrogen) atoms. The number of hydrogen-bond acceptors (Lipinski definition) is 1. The smallest absolute Gasteiger partial charge is 0.00748 e. The highest BCUT2D eigenvalue weighted by atomic mass is 14.5. The second-order valence-corrected chi connectivity index (χ2v) is 3.70. The lowest BCUT2D eigenvalue weighted by Gasteiger charge is -1.96. The largest absolute Gasteiger partial charge is 0.330 e. The molecule has 0 aliphatic heterocycles. The highest BCUT2D eigenvalue weighted by Gasteiger charge is 1.85. The Balaban J connectivity index is -0.0000000546. The normalized spacial score (nSPS) is 7.71. The highest BCUT2D eigenvalue weighted by Crippen LogP contribution is 1.93. The summed E-state index contributed by atoms with van der Waals surface area (Å²) in [4.78, 5) is 0. The van der Waals surface area contributed by atoms with Crippen LogP contribution in [0.1, 0.15) is 68.7 Å². The van der Waals surface area contributed by atoms with Gasteiger partial charge in [-0.1, -0.05) is 62.3 Å². The van der Waals surface area contributed by atoms with E-state index in [1.165, 1.54) is 0 Å². The maximum Gasteiger partial charge on any atom is -0.00748 e. The molecule has 0 atom stereocenters. The van der Waals surface area contributed by atoms with Gasteiger partial charge in [0.05, 0.1) is 0 Å². The van der Waals surface area contributed by atoms with E-state index in [-0.39, 0.29) is 0 Å². The van der Waals surface area contributed by atoms with Gasteiger partial charge in [0.15, 0.2) is 0 Å². The van der Waals surface area contributed by atoms with E-state index < -0.39 is 0 Å². The van der Waals surface area contributed by atoms with E-state index in [0.29, 0.717) is 0 Å². The minimum absolute atomic E-state index is 0.773. The van der Waals surface area contributed by atoms with Crippen LogP contribution < -0.4 is 5.73 Å². The quantitative estimate of drug-likeness (QED) is 0.694. The SMILES string of the molecule is CC.CC.CC(C)C.CC(C)CCN. The topological polar surface area (TPSA) is 26.0 Å². The van der Waals surface area contributed by atoms with Crippen molar-refractivity contribution in [2.75, 3.05) is 6.54 Å². The fraction of sp³-hybridized carbons (Fsp3) is 1.00. The molecule has 1 heteroatoms. The Morgan fingerprint density at radius 2 is 1.00 bits per heavy atom. The summed E-state index contributed by atoms with van der Waals surface area (Å²) in [5, 5.41) is 0. The fourth-order valence-corrected chi connectivity index (χ4v) is 0.333. The average Bonchev–Trinajstić information content (AvgIpc) is 2.10. The van der Waals surface area contributed by atoms with Gasteiger partial charge in [0.25, 0.3) is 0 Å². The van der Waals surface area contributed by atoms with Crippen LogP contribution in [0.25, 0.3) is 0 Å². The summed E-state index contributed by atoms with van der Waals surface area (Å²) in [6.45, 7) is 19.7. The molecule has 0 rings (SSSR count). The molecule has 0 unspecified atom stereocenters. The Bertz CT molecular complexity index is 46.4. The Labute approximate surface area is 93.5 Å². The fourth-order valence-electron chi connectivity index (χ4n) is 0.333. The van der Waals surface area contributed by atoms with Crippen LogP contribution >= 0.6 is 0 Å². The number of hydrogen-bond donors (Lipinski definition) is 1. The van der Waals surface area contributed by atoms with Crippen molar-refractivity contribution in [3.63, 3.8) is 0 Å². The maximum absolute atomic E-state index is 5.23. The summed E-state index contributed by atoms with van der Waals surface area (Å²) in [5.74, 6) is 1.61. The first kappa shape index (κ1) is 23.6. The first-order chi connectivity index (χ1) is 6.50. The van der Waals surface area contributed by atoms with Crippen LogP contribution in [-0.2, 0) is 0 Å². The molecule has 0 heterocycles. The molecule has 0 bridgehead atoms. The first-order valence-corrected chi connectivity index (χ1v) is 6.20. The van der Waals surface area contributed by atoms with Gasteiger partial charge in [0.1, 0.15) is 0 Å². The van der Waals surface area contributed by atoms with Gasteiger partial charge < -0.3 is 5.73 Å².